The number of rotatable bonds is 5. The Bertz CT molecular complexity index is 363. The van der Waals surface area contributed by atoms with E-state index in [1.165, 1.54) is 0 Å². The Morgan fingerprint density at radius 1 is 1.35 bits per heavy atom. The molecule has 0 aliphatic carbocycles. The summed E-state index contributed by atoms with van der Waals surface area (Å²) in [6, 6.07) is 7.97. The molecule has 1 aromatic carbocycles. The van der Waals surface area contributed by atoms with Gasteiger partial charge in [0.2, 0.25) is 0 Å². The van der Waals surface area contributed by atoms with Crippen LogP contribution in [-0.2, 0) is 0 Å². The van der Waals surface area contributed by atoms with Gasteiger partial charge in [0, 0.05) is 17.6 Å². The van der Waals surface area contributed by atoms with Crippen LogP contribution >= 0.6 is 11.6 Å². The Morgan fingerprint density at radius 2 is 2.00 bits per heavy atom. The lowest BCUT2D eigenvalue weighted by Crippen LogP contribution is -2.42. The van der Waals surface area contributed by atoms with Gasteiger partial charge < -0.3 is 10.4 Å². The quantitative estimate of drug-likeness (QED) is 0.845. The van der Waals surface area contributed by atoms with Crippen LogP contribution in [0.2, 0.25) is 5.02 Å². The third-order valence-electron chi connectivity index (χ3n) is 3.36. The largest absolute Gasteiger partial charge is 0.389 e. The Kier molecular flexibility index (Phi) is 4.99. The SMILES string of the molecule is CC(NCC(C)(O)C(C)C)c1cccc(Cl)c1. The summed E-state index contributed by atoms with van der Waals surface area (Å²) >= 11 is 5.95. The molecular formula is C14H22ClNO. The summed E-state index contributed by atoms with van der Waals surface area (Å²) < 4.78 is 0. The van der Waals surface area contributed by atoms with Crippen LogP contribution in [0.5, 0.6) is 0 Å². The zero-order chi connectivity index (χ0) is 13.1. The van der Waals surface area contributed by atoms with Gasteiger partial charge in [-0.05, 0) is 37.5 Å². The van der Waals surface area contributed by atoms with Gasteiger partial charge in [-0.1, -0.05) is 37.6 Å². The number of aliphatic hydroxyl groups is 1. The molecule has 1 rings (SSSR count). The zero-order valence-electron chi connectivity index (χ0n) is 11.0. The molecule has 0 radical (unpaired) electrons. The third kappa shape index (κ3) is 4.30. The molecule has 2 unspecified atom stereocenters. The summed E-state index contributed by atoms with van der Waals surface area (Å²) in [4.78, 5) is 0. The van der Waals surface area contributed by atoms with E-state index in [1.807, 2.05) is 45.0 Å². The van der Waals surface area contributed by atoms with Gasteiger partial charge in [-0.3, -0.25) is 0 Å². The predicted octanol–water partition coefficient (Wildman–Crippen LogP) is 3.40. The highest BCUT2D eigenvalue weighted by atomic mass is 35.5. The Hall–Kier alpha value is -0.570. The van der Waals surface area contributed by atoms with E-state index in [9.17, 15) is 5.11 Å². The molecule has 1 aromatic rings. The maximum atomic E-state index is 10.2. The minimum Gasteiger partial charge on any atom is -0.389 e. The first-order valence-electron chi connectivity index (χ1n) is 6.04. The second-order valence-corrected chi connectivity index (χ2v) is 5.61. The molecule has 0 aliphatic rings. The lowest BCUT2D eigenvalue weighted by molar-refractivity contribution is 0.0122. The monoisotopic (exact) mass is 255 g/mol. The number of hydrogen-bond acceptors (Lipinski definition) is 2. The molecule has 0 amide bonds. The van der Waals surface area contributed by atoms with Gasteiger partial charge in [-0.15, -0.1) is 0 Å². The van der Waals surface area contributed by atoms with Crippen LogP contribution in [0.15, 0.2) is 24.3 Å². The van der Waals surface area contributed by atoms with Crippen LogP contribution in [0.1, 0.15) is 39.3 Å². The van der Waals surface area contributed by atoms with E-state index in [2.05, 4.69) is 12.2 Å². The normalized spacial score (nSPS) is 16.9. The second-order valence-electron chi connectivity index (χ2n) is 5.17. The van der Waals surface area contributed by atoms with Crippen LogP contribution < -0.4 is 5.32 Å². The van der Waals surface area contributed by atoms with Crippen molar-refractivity contribution in [3.63, 3.8) is 0 Å². The zero-order valence-corrected chi connectivity index (χ0v) is 11.8. The summed E-state index contributed by atoms with van der Waals surface area (Å²) in [6.45, 7) is 8.53. The van der Waals surface area contributed by atoms with Crippen molar-refractivity contribution in [1.82, 2.24) is 5.32 Å². The minimum atomic E-state index is -0.688. The maximum absolute atomic E-state index is 10.2. The number of nitrogens with one attached hydrogen (secondary N) is 1. The lowest BCUT2D eigenvalue weighted by Gasteiger charge is -2.29. The van der Waals surface area contributed by atoms with Gasteiger partial charge in [0.1, 0.15) is 0 Å². The van der Waals surface area contributed by atoms with Crippen molar-refractivity contribution < 1.29 is 5.11 Å². The fourth-order valence-corrected chi connectivity index (χ4v) is 1.66. The first-order valence-corrected chi connectivity index (χ1v) is 6.42. The molecule has 0 saturated heterocycles. The highest BCUT2D eigenvalue weighted by Gasteiger charge is 2.25. The highest BCUT2D eigenvalue weighted by molar-refractivity contribution is 6.30. The van der Waals surface area contributed by atoms with Gasteiger partial charge >= 0.3 is 0 Å². The van der Waals surface area contributed by atoms with E-state index >= 15 is 0 Å². The molecule has 0 aliphatic heterocycles. The van der Waals surface area contributed by atoms with Crippen LogP contribution in [0.3, 0.4) is 0 Å². The standard InChI is InChI=1S/C14H22ClNO/c1-10(2)14(4,17)9-16-11(3)12-6-5-7-13(15)8-12/h5-8,10-11,16-17H,9H2,1-4H3. The van der Waals surface area contributed by atoms with Gasteiger partial charge in [0.05, 0.1) is 5.60 Å². The Balaban J connectivity index is 2.59. The molecule has 0 spiro atoms. The van der Waals surface area contributed by atoms with Crippen molar-refractivity contribution in [3.05, 3.63) is 34.9 Å². The van der Waals surface area contributed by atoms with Crippen molar-refractivity contribution in [2.75, 3.05) is 6.54 Å². The van der Waals surface area contributed by atoms with Crippen molar-refractivity contribution in [2.24, 2.45) is 5.92 Å². The molecule has 17 heavy (non-hydrogen) atoms. The molecule has 0 aromatic heterocycles. The highest BCUT2D eigenvalue weighted by Crippen LogP contribution is 2.20. The third-order valence-corrected chi connectivity index (χ3v) is 3.59. The Labute approximate surface area is 109 Å². The van der Waals surface area contributed by atoms with Crippen molar-refractivity contribution >= 4 is 11.6 Å². The average molecular weight is 256 g/mol. The fraction of sp³-hybridized carbons (Fsp3) is 0.571. The second kappa shape index (κ2) is 5.85. The summed E-state index contributed by atoms with van der Waals surface area (Å²) in [5, 5.41) is 14.2. The molecule has 0 fully saturated rings. The molecule has 3 heteroatoms. The molecule has 0 bridgehead atoms. The van der Waals surface area contributed by atoms with Crippen molar-refractivity contribution in [3.8, 4) is 0 Å². The summed E-state index contributed by atoms with van der Waals surface area (Å²) in [5.41, 5.74) is 0.448. The average Bonchev–Trinajstić information content (AvgIpc) is 2.25. The smallest absolute Gasteiger partial charge is 0.0766 e. The van der Waals surface area contributed by atoms with Crippen molar-refractivity contribution in [2.45, 2.75) is 39.3 Å². The number of hydrogen-bond donors (Lipinski definition) is 2. The Morgan fingerprint density at radius 3 is 2.53 bits per heavy atom. The molecule has 96 valence electrons. The van der Waals surface area contributed by atoms with Gasteiger partial charge in [-0.25, -0.2) is 0 Å². The molecule has 0 saturated carbocycles. The number of halogens is 1. The van der Waals surface area contributed by atoms with E-state index < -0.39 is 5.60 Å². The predicted molar refractivity (Wildman–Crippen MR) is 73.3 cm³/mol. The van der Waals surface area contributed by atoms with Gasteiger partial charge in [-0.2, -0.15) is 0 Å². The lowest BCUT2D eigenvalue weighted by atomic mass is 9.92. The molecular weight excluding hydrogens is 234 g/mol. The molecule has 2 N–H and O–H groups in total. The molecule has 0 heterocycles. The van der Waals surface area contributed by atoms with Gasteiger partial charge in [0.25, 0.3) is 0 Å². The fourth-order valence-electron chi connectivity index (χ4n) is 1.46. The van der Waals surface area contributed by atoms with E-state index in [0.29, 0.717) is 6.54 Å². The molecule has 2 atom stereocenters. The van der Waals surface area contributed by atoms with Crippen LogP contribution in [0, 0.1) is 5.92 Å². The summed E-state index contributed by atoms with van der Waals surface area (Å²) in [7, 11) is 0. The van der Waals surface area contributed by atoms with E-state index in [4.69, 9.17) is 11.6 Å². The summed E-state index contributed by atoms with van der Waals surface area (Å²) in [6.07, 6.45) is 0. The van der Waals surface area contributed by atoms with Crippen LogP contribution in [0.25, 0.3) is 0 Å². The summed E-state index contributed by atoms with van der Waals surface area (Å²) in [5.74, 6) is 0.224. The first-order chi connectivity index (χ1) is 7.83. The van der Waals surface area contributed by atoms with E-state index in [1.54, 1.807) is 0 Å². The van der Waals surface area contributed by atoms with Gasteiger partial charge in [0.15, 0.2) is 0 Å². The maximum Gasteiger partial charge on any atom is 0.0766 e. The topological polar surface area (TPSA) is 32.3 Å². The number of benzene rings is 1. The van der Waals surface area contributed by atoms with Crippen molar-refractivity contribution in [1.29, 1.82) is 0 Å². The van der Waals surface area contributed by atoms with E-state index in [0.717, 1.165) is 10.6 Å². The minimum absolute atomic E-state index is 0.180. The van der Waals surface area contributed by atoms with Crippen LogP contribution in [0.4, 0.5) is 0 Å². The first kappa shape index (κ1) is 14.5. The van der Waals surface area contributed by atoms with Crippen LogP contribution in [-0.4, -0.2) is 17.3 Å². The van der Waals surface area contributed by atoms with E-state index in [-0.39, 0.29) is 12.0 Å². The molecule has 2 nitrogen and oxygen atoms in total.